The van der Waals surface area contributed by atoms with Crippen LogP contribution in [0.5, 0.6) is 5.75 Å². The van der Waals surface area contributed by atoms with Crippen LogP contribution in [0.4, 0.5) is 5.82 Å². The van der Waals surface area contributed by atoms with Crippen LogP contribution < -0.4 is 15.6 Å². The van der Waals surface area contributed by atoms with Gasteiger partial charge in [-0.2, -0.15) is 0 Å². The quantitative estimate of drug-likeness (QED) is 0.722. The Morgan fingerprint density at radius 3 is 2.78 bits per heavy atom. The lowest BCUT2D eigenvalue weighted by molar-refractivity contribution is 0.102. The van der Waals surface area contributed by atoms with Gasteiger partial charge in [0.2, 0.25) is 0 Å². The van der Waals surface area contributed by atoms with Gasteiger partial charge in [0.05, 0.1) is 19.0 Å². The fraction of sp³-hybridized carbons (Fsp3) is 0.263. The van der Waals surface area contributed by atoms with Gasteiger partial charge in [-0.25, -0.2) is 0 Å². The van der Waals surface area contributed by atoms with Crippen LogP contribution in [-0.4, -0.2) is 32.6 Å². The second-order valence-electron chi connectivity index (χ2n) is 6.04. The van der Waals surface area contributed by atoms with E-state index in [9.17, 15) is 9.59 Å². The number of amides is 1. The summed E-state index contributed by atoms with van der Waals surface area (Å²) in [6.07, 6.45) is 4.17. The monoisotopic (exact) mass is 367 g/mol. The molecule has 3 rings (SSSR count). The summed E-state index contributed by atoms with van der Waals surface area (Å²) in [5.74, 6) is 0.322. The zero-order valence-electron chi connectivity index (χ0n) is 15.5. The first kappa shape index (κ1) is 18.4. The van der Waals surface area contributed by atoms with Gasteiger partial charge >= 0.3 is 0 Å². The summed E-state index contributed by atoms with van der Waals surface area (Å²) in [6, 6.07) is 8.85. The molecule has 0 atom stereocenters. The largest absolute Gasteiger partial charge is 0.495 e. The van der Waals surface area contributed by atoms with Crippen LogP contribution in [0.1, 0.15) is 29.3 Å². The van der Waals surface area contributed by atoms with E-state index in [1.165, 1.54) is 11.7 Å². The first-order chi connectivity index (χ1) is 13.0. The van der Waals surface area contributed by atoms with E-state index in [0.717, 1.165) is 6.42 Å². The molecule has 1 aromatic carbocycles. The molecular formula is C19H21N5O3. The summed E-state index contributed by atoms with van der Waals surface area (Å²) in [4.78, 5) is 25.7. The highest BCUT2D eigenvalue weighted by molar-refractivity contribution is 6.04. The maximum atomic E-state index is 13.0. The molecule has 8 heteroatoms. The van der Waals surface area contributed by atoms with Crippen LogP contribution in [0, 0.1) is 6.92 Å². The Morgan fingerprint density at radius 1 is 1.26 bits per heavy atom. The highest BCUT2D eigenvalue weighted by Gasteiger charge is 2.19. The second kappa shape index (κ2) is 7.86. The number of carbonyl (C=O) groups excluding carboxylic acids is 1. The molecule has 0 unspecified atom stereocenters. The molecule has 3 aromatic rings. The molecule has 8 nitrogen and oxygen atoms in total. The number of nitrogens with one attached hydrogen (secondary N) is 1. The topological polar surface area (TPSA) is 91.0 Å². The van der Waals surface area contributed by atoms with Crippen molar-refractivity contribution in [1.29, 1.82) is 0 Å². The Kier molecular flexibility index (Phi) is 5.35. The zero-order valence-corrected chi connectivity index (χ0v) is 15.5. The van der Waals surface area contributed by atoms with Gasteiger partial charge in [-0.3, -0.25) is 18.8 Å². The summed E-state index contributed by atoms with van der Waals surface area (Å²) >= 11 is 0. The molecular weight excluding hydrogens is 346 g/mol. The molecule has 0 bridgehead atoms. The van der Waals surface area contributed by atoms with E-state index in [4.69, 9.17) is 4.74 Å². The van der Waals surface area contributed by atoms with E-state index in [1.807, 2.05) is 13.0 Å². The van der Waals surface area contributed by atoms with Crippen molar-refractivity contribution >= 4 is 11.7 Å². The molecule has 2 aromatic heterocycles. The number of methoxy groups -OCH3 is 1. The lowest BCUT2D eigenvalue weighted by Crippen LogP contribution is -2.29. The number of pyridine rings is 1. The number of aryl methyl sites for hydroxylation is 2. The third-order valence-electron chi connectivity index (χ3n) is 4.11. The van der Waals surface area contributed by atoms with Crippen LogP contribution in [0.15, 0.2) is 47.5 Å². The highest BCUT2D eigenvalue weighted by Crippen LogP contribution is 2.21. The van der Waals surface area contributed by atoms with Gasteiger partial charge in [0, 0.05) is 12.7 Å². The lowest BCUT2D eigenvalue weighted by Gasteiger charge is -2.13. The molecule has 0 aliphatic rings. The van der Waals surface area contributed by atoms with Crippen molar-refractivity contribution in [3.63, 3.8) is 0 Å². The number of rotatable bonds is 6. The van der Waals surface area contributed by atoms with Crippen molar-refractivity contribution in [3.05, 3.63) is 64.2 Å². The minimum atomic E-state index is -0.523. The molecule has 1 amide bonds. The summed E-state index contributed by atoms with van der Waals surface area (Å²) in [5.41, 5.74) is 0.754. The number of hydrogen-bond acceptors (Lipinski definition) is 5. The van der Waals surface area contributed by atoms with Gasteiger partial charge in [0.15, 0.2) is 5.82 Å². The van der Waals surface area contributed by atoms with Crippen molar-refractivity contribution < 1.29 is 9.53 Å². The summed E-state index contributed by atoms with van der Waals surface area (Å²) in [6.45, 7) is 4.44. The predicted octanol–water partition coefficient (Wildman–Crippen LogP) is 2.41. The van der Waals surface area contributed by atoms with Gasteiger partial charge in [0.25, 0.3) is 11.5 Å². The average molecular weight is 367 g/mol. The number of benzene rings is 1. The Labute approximate surface area is 156 Å². The number of carbonyl (C=O) groups is 1. The highest BCUT2D eigenvalue weighted by atomic mass is 16.5. The fourth-order valence-electron chi connectivity index (χ4n) is 2.79. The lowest BCUT2D eigenvalue weighted by atomic mass is 10.1. The first-order valence-electron chi connectivity index (χ1n) is 8.62. The molecule has 0 aliphatic heterocycles. The number of anilines is 1. The van der Waals surface area contributed by atoms with E-state index < -0.39 is 11.5 Å². The van der Waals surface area contributed by atoms with Crippen molar-refractivity contribution in [2.45, 2.75) is 26.8 Å². The molecule has 1 N–H and O–H groups in total. The molecule has 0 saturated heterocycles. The maximum absolute atomic E-state index is 13.0. The summed E-state index contributed by atoms with van der Waals surface area (Å²) in [7, 11) is 1.53. The molecule has 0 saturated carbocycles. The minimum Gasteiger partial charge on any atom is -0.495 e. The average Bonchev–Trinajstić information content (AvgIpc) is 3.09. The van der Waals surface area contributed by atoms with Gasteiger partial charge in [-0.1, -0.05) is 24.3 Å². The third-order valence-corrected chi connectivity index (χ3v) is 4.11. The standard InChI is InChI=1S/C19H21N5O3/c1-4-10-23-12-16(21-22-23)20-18(25)17-13(2)9-11-24(19(17)26)14-7-5-6-8-15(14)27-3/h5-9,11-12H,4,10H2,1-3H3,(H,20,25). The number of aromatic nitrogens is 4. The summed E-state index contributed by atoms with van der Waals surface area (Å²) < 4.78 is 8.36. The van der Waals surface area contributed by atoms with Crippen molar-refractivity contribution in [1.82, 2.24) is 19.6 Å². The van der Waals surface area contributed by atoms with E-state index in [1.54, 1.807) is 48.3 Å². The fourth-order valence-corrected chi connectivity index (χ4v) is 2.79. The third kappa shape index (κ3) is 3.74. The SMILES string of the molecule is CCCn1cc(NC(=O)c2c(C)ccn(-c3ccccc3OC)c2=O)nn1. The van der Waals surface area contributed by atoms with Gasteiger partial charge in [-0.15, -0.1) is 5.10 Å². The molecule has 0 aliphatic carbocycles. The molecule has 0 spiro atoms. The van der Waals surface area contributed by atoms with Crippen LogP contribution in [0.25, 0.3) is 5.69 Å². The molecule has 140 valence electrons. The van der Waals surface area contributed by atoms with E-state index >= 15 is 0 Å². The Balaban J connectivity index is 1.97. The van der Waals surface area contributed by atoms with Crippen LogP contribution in [0.3, 0.4) is 0 Å². The van der Waals surface area contributed by atoms with E-state index in [-0.39, 0.29) is 5.56 Å². The van der Waals surface area contributed by atoms with E-state index in [0.29, 0.717) is 29.4 Å². The van der Waals surface area contributed by atoms with Gasteiger partial charge in [-0.05, 0) is 37.1 Å². The molecule has 2 heterocycles. The van der Waals surface area contributed by atoms with Crippen LogP contribution >= 0.6 is 0 Å². The summed E-state index contributed by atoms with van der Waals surface area (Å²) in [5, 5.41) is 10.5. The van der Waals surface area contributed by atoms with Gasteiger partial charge < -0.3 is 10.1 Å². The minimum absolute atomic E-state index is 0.0495. The van der Waals surface area contributed by atoms with Crippen molar-refractivity contribution in [3.8, 4) is 11.4 Å². The Hall–Kier alpha value is -3.42. The number of nitrogens with zero attached hydrogens (tertiary/aromatic N) is 4. The molecule has 0 radical (unpaired) electrons. The predicted molar refractivity (Wildman–Crippen MR) is 102 cm³/mol. The van der Waals surface area contributed by atoms with Crippen LogP contribution in [-0.2, 0) is 6.54 Å². The molecule has 27 heavy (non-hydrogen) atoms. The number of ether oxygens (including phenoxy) is 1. The smallest absolute Gasteiger partial charge is 0.268 e. The zero-order chi connectivity index (χ0) is 19.4. The maximum Gasteiger partial charge on any atom is 0.268 e. The Bertz CT molecular complexity index is 1020. The van der Waals surface area contributed by atoms with Crippen molar-refractivity contribution in [2.24, 2.45) is 0 Å². The number of hydrogen-bond donors (Lipinski definition) is 1. The van der Waals surface area contributed by atoms with Gasteiger partial charge in [0.1, 0.15) is 11.3 Å². The molecule has 0 fully saturated rings. The first-order valence-corrected chi connectivity index (χ1v) is 8.62. The normalized spacial score (nSPS) is 10.6. The second-order valence-corrected chi connectivity index (χ2v) is 6.04. The Morgan fingerprint density at radius 2 is 2.04 bits per heavy atom. The number of para-hydroxylation sites is 2. The van der Waals surface area contributed by atoms with Crippen molar-refractivity contribution in [2.75, 3.05) is 12.4 Å². The van der Waals surface area contributed by atoms with E-state index in [2.05, 4.69) is 15.6 Å². The van der Waals surface area contributed by atoms with Crippen LogP contribution in [0.2, 0.25) is 0 Å².